The number of carbonyl (C=O) groups excluding carboxylic acids is 1. The van der Waals surface area contributed by atoms with E-state index >= 15 is 0 Å². The van der Waals surface area contributed by atoms with Crippen LogP contribution in [0.15, 0.2) is 53.0 Å². The molecule has 0 saturated heterocycles. The Morgan fingerprint density at radius 2 is 1.78 bits per heavy atom. The second-order valence-electron chi connectivity index (χ2n) is 4.85. The quantitative estimate of drug-likeness (QED) is 0.441. The molecule has 120 valence electrons. The van der Waals surface area contributed by atoms with Crippen LogP contribution in [0.25, 0.3) is 0 Å². The number of carbonyl (C=O) groups is 1. The number of anilines is 1. The molecule has 0 aromatic heterocycles. The molecule has 2 aromatic rings. The van der Waals surface area contributed by atoms with Crippen LogP contribution in [0.4, 0.5) is 11.4 Å². The molecule has 6 nitrogen and oxygen atoms in total. The number of amides is 1. The molecule has 0 aliphatic heterocycles. The van der Waals surface area contributed by atoms with Gasteiger partial charge >= 0.3 is 0 Å². The van der Waals surface area contributed by atoms with Crippen molar-refractivity contribution < 1.29 is 9.72 Å². The number of nitro groups is 1. The van der Waals surface area contributed by atoms with Gasteiger partial charge in [0, 0.05) is 23.6 Å². The fourth-order valence-electron chi connectivity index (χ4n) is 2.03. The van der Waals surface area contributed by atoms with Crippen LogP contribution < -0.4 is 10.6 Å². The van der Waals surface area contributed by atoms with E-state index in [-0.39, 0.29) is 11.6 Å². The third kappa shape index (κ3) is 5.37. The first-order valence-electron chi connectivity index (χ1n) is 7.04. The Morgan fingerprint density at radius 3 is 2.48 bits per heavy atom. The number of hydrogen-bond donors (Lipinski definition) is 2. The van der Waals surface area contributed by atoms with Gasteiger partial charge in [0.1, 0.15) is 5.69 Å². The summed E-state index contributed by atoms with van der Waals surface area (Å²) in [6.45, 7) is 0.804. The predicted octanol–water partition coefficient (Wildman–Crippen LogP) is 3.13. The average Bonchev–Trinajstić information content (AvgIpc) is 2.54. The largest absolute Gasteiger partial charge is 0.378 e. The van der Waals surface area contributed by atoms with Crippen LogP contribution in [-0.2, 0) is 11.2 Å². The minimum Gasteiger partial charge on any atom is -0.378 e. The summed E-state index contributed by atoms with van der Waals surface area (Å²) in [5.41, 5.74) is 1.39. The van der Waals surface area contributed by atoms with Crippen LogP contribution in [0.2, 0.25) is 0 Å². The molecule has 0 atom stereocenters. The predicted molar refractivity (Wildman–Crippen MR) is 92.4 cm³/mol. The van der Waals surface area contributed by atoms with Gasteiger partial charge in [0.15, 0.2) is 0 Å². The zero-order valence-electron chi connectivity index (χ0n) is 12.3. The van der Waals surface area contributed by atoms with Crippen molar-refractivity contribution in [1.29, 1.82) is 0 Å². The van der Waals surface area contributed by atoms with E-state index in [9.17, 15) is 14.9 Å². The first kappa shape index (κ1) is 17.0. The smallest absolute Gasteiger partial charge is 0.292 e. The highest BCUT2D eigenvalue weighted by Gasteiger charge is 2.11. The van der Waals surface area contributed by atoms with Crippen molar-refractivity contribution in [2.75, 3.05) is 18.4 Å². The molecule has 0 aliphatic carbocycles. The van der Waals surface area contributed by atoms with Gasteiger partial charge in [-0.25, -0.2) is 0 Å². The normalized spacial score (nSPS) is 10.1. The third-order valence-corrected chi connectivity index (χ3v) is 3.67. The topological polar surface area (TPSA) is 84.3 Å². The van der Waals surface area contributed by atoms with Crippen molar-refractivity contribution in [2.45, 2.75) is 6.42 Å². The van der Waals surface area contributed by atoms with Crippen LogP contribution in [0.3, 0.4) is 0 Å². The van der Waals surface area contributed by atoms with Crippen LogP contribution in [-0.4, -0.2) is 23.9 Å². The zero-order valence-corrected chi connectivity index (χ0v) is 13.9. The lowest BCUT2D eigenvalue weighted by Crippen LogP contribution is -2.30. The summed E-state index contributed by atoms with van der Waals surface area (Å²) in [4.78, 5) is 22.3. The Balaban J connectivity index is 1.76. The number of benzene rings is 2. The summed E-state index contributed by atoms with van der Waals surface area (Å²) in [7, 11) is 0. The summed E-state index contributed by atoms with van der Waals surface area (Å²) in [6.07, 6.45) is 0.304. The number of nitrogens with one attached hydrogen (secondary N) is 2. The van der Waals surface area contributed by atoms with Gasteiger partial charge in [0.05, 0.1) is 11.3 Å². The van der Waals surface area contributed by atoms with Crippen molar-refractivity contribution in [3.8, 4) is 0 Å². The monoisotopic (exact) mass is 377 g/mol. The second-order valence-corrected chi connectivity index (χ2v) is 5.77. The van der Waals surface area contributed by atoms with E-state index in [1.54, 1.807) is 18.2 Å². The van der Waals surface area contributed by atoms with Gasteiger partial charge in [0.2, 0.25) is 5.91 Å². The fourth-order valence-corrected chi connectivity index (χ4v) is 2.30. The van der Waals surface area contributed by atoms with Crippen LogP contribution >= 0.6 is 15.9 Å². The minimum atomic E-state index is -0.436. The first-order valence-corrected chi connectivity index (χ1v) is 7.84. The Morgan fingerprint density at radius 1 is 1.09 bits per heavy atom. The van der Waals surface area contributed by atoms with Crippen molar-refractivity contribution in [1.82, 2.24) is 5.32 Å². The highest BCUT2D eigenvalue weighted by atomic mass is 79.9. The minimum absolute atomic E-state index is 0.0219. The van der Waals surface area contributed by atoms with Gasteiger partial charge < -0.3 is 10.6 Å². The summed E-state index contributed by atoms with van der Waals surface area (Å²) in [5.74, 6) is -0.0864. The SMILES string of the molecule is O=C(Cc1ccc(Br)cc1)NCCNc1ccccc1[N+](=O)[O-]. The Labute approximate surface area is 142 Å². The van der Waals surface area contributed by atoms with E-state index < -0.39 is 4.92 Å². The Bertz CT molecular complexity index is 689. The molecule has 0 radical (unpaired) electrons. The fraction of sp³-hybridized carbons (Fsp3) is 0.188. The van der Waals surface area contributed by atoms with Crippen molar-refractivity contribution in [2.24, 2.45) is 0 Å². The van der Waals surface area contributed by atoms with Gasteiger partial charge in [-0.15, -0.1) is 0 Å². The van der Waals surface area contributed by atoms with Crippen molar-refractivity contribution in [3.63, 3.8) is 0 Å². The molecule has 0 bridgehead atoms. The summed E-state index contributed by atoms with van der Waals surface area (Å²) in [6, 6.07) is 14.0. The van der Waals surface area contributed by atoms with Crippen LogP contribution in [0.5, 0.6) is 0 Å². The van der Waals surface area contributed by atoms with Crippen molar-refractivity contribution in [3.05, 3.63) is 68.7 Å². The molecule has 0 saturated carbocycles. The number of para-hydroxylation sites is 2. The molecular formula is C16H16BrN3O3. The van der Waals surface area contributed by atoms with E-state index in [1.165, 1.54) is 6.07 Å². The highest BCUT2D eigenvalue weighted by Crippen LogP contribution is 2.22. The molecule has 2 N–H and O–H groups in total. The molecule has 7 heteroatoms. The second kappa shape index (κ2) is 8.28. The molecule has 0 unspecified atom stereocenters. The molecular weight excluding hydrogens is 362 g/mol. The number of hydrogen-bond acceptors (Lipinski definition) is 4. The number of nitro benzene ring substituents is 1. The Hall–Kier alpha value is -2.41. The molecule has 2 rings (SSSR count). The van der Waals surface area contributed by atoms with E-state index in [2.05, 4.69) is 26.6 Å². The maximum Gasteiger partial charge on any atom is 0.292 e. The lowest BCUT2D eigenvalue weighted by Gasteiger charge is -2.08. The van der Waals surface area contributed by atoms with Crippen LogP contribution in [0.1, 0.15) is 5.56 Å². The van der Waals surface area contributed by atoms with Gasteiger partial charge in [0.25, 0.3) is 5.69 Å². The molecule has 1 amide bonds. The number of rotatable bonds is 7. The zero-order chi connectivity index (χ0) is 16.7. The molecule has 2 aromatic carbocycles. The van der Waals surface area contributed by atoms with Crippen LogP contribution in [0, 0.1) is 10.1 Å². The summed E-state index contributed by atoms with van der Waals surface area (Å²) in [5, 5.41) is 16.6. The van der Waals surface area contributed by atoms with Gasteiger partial charge in [-0.3, -0.25) is 14.9 Å². The van der Waals surface area contributed by atoms with E-state index in [0.717, 1.165) is 10.0 Å². The third-order valence-electron chi connectivity index (χ3n) is 3.14. The van der Waals surface area contributed by atoms with Gasteiger partial charge in [-0.1, -0.05) is 40.2 Å². The lowest BCUT2D eigenvalue weighted by atomic mass is 10.1. The molecule has 0 aliphatic rings. The maximum absolute atomic E-state index is 11.8. The lowest BCUT2D eigenvalue weighted by molar-refractivity contribution is -0.384. The standard InChI is InChI=1S/C16H16BrN3O3/c17-13-7-5-12(6-8-13)11-16(21)19-10-9-18-14-3-1-2-4-15(14)20(22)23/h1-8,18H,9-11H2,(H,19,21). The van der Waals surface area contributed by atoms with E-state index in [4.69, 9.17) is 0 Å². The van der Waals surface area contributed by atoms with Gasteiger partial charge in [-0.2, -0.15) is 0 Å². The van der Waals surface area contributed by atoms with E-state index in [1.807, 2.05) is 24.3 Å². The highest BCUT2D eigenvalue weighted by molar-refractivity contribution is 9.10. The average molecular weight is 378 g/mol. The first-order chi connectivity index (χ1) is 11.1. The van der Waals surface area contributed by atoms with Crippen molar-refractivity contribution >= 4 is 33.2 Å². The molecule has 0 heterocycles. The Kier molecular flexibility index (Phi) is 6.10. The number of nitrogens with zero attached hydrogens (tertiary/aromatic N) is 1. The molecule has 23 heavy (non-hydrogen) atoms. The summed E-state index contributed by atoms with van der Waals surface area (Å²) < 4.78 is 0.968. The molecule has 0 spiro atoms. The molecule has 0 fully saturated rings. The van der Waals surface area contributed by atoms with Gasteiger partial charge in [-0.05, 0) is 23.8 Å². The van der Waals surface area contributed by atoms with E-state index in [0.29, 0.717) is 25.2 Å². The number of halogens is 1. The maximum atomic E-state index is 11.8. The summed E-state index contributed by atoms with van der Waals surface area (Å²) >= 11 is 3.34.